The number of carbonyl (C=O) groups is 1. The number of aryl methyl sites for hydroxylation is 1. The lowest BCUT2D eigenvalue weighted by atomic mass is 10.1. The van der Waals surface area contributed by atoms with Gasteiger partial charge in [0.2, 0.25) is 9.81 Å². The minimum Gasteiger partial charge on any atom is -0.265 e. The van der Waals surface area contributed by atoms with E-state index in [0.717, 1.165) is 42.2 Å². The molecule has 0 saturated heterocycles. The number of rotatable bonds is 4. The molecule has 0 aliphatic rings. The lowest BCUT2D eigenvalue weighted by Crippen LogP contribution is -2.18. The van der Waals surface area contributed by atoms with Crippen LogP contribution in [0.4, 0.5) is 22.0 Å². The van der Waals surface area contributed by atoms with Gasteiger partial charge in [-0.3, -0.25) is 4.79 Å². The molecule has 2 heterocycles. The van der Waals surface area contributed by atoms with Crippen molar-refractivity contribution in [2.24, 2.45) is 12.0 Å². The maximum atomic E-state index is 14.1. The smallest absolute Gasteiger partial charge is 0.265 e. The van der Waals surface area contributed by atoms with Crippen LogP contribution in [-0.2, 0) is 23.1 Å². The van der Waals surface area contributed by atoms with Gasteiger partial charge in [0.05, 0.1) is 10.6 Å². The number of pyridine rings is 1. The molecule has 3 rings (SSSR count). The minimum atomic E-state index is -4.76. The molecule has 0 aliphatic heterocycles. The van der Waals surface area contributed by atoms with Crippen molar-refractivity contribution in [3.8, 4) is 11.1 Å². The topological polar surface area (TPSA) is 94.3 Å². The van der Waals surface area contributed by atoms with Crippen LogP contribution in [0.3, 0.4) is 0 Å². The van der Waals surface area contributed by atoms with Crippen molar-refractivity contribution in [2.45, 2.75) is 18.0 Å². The highest BCUT2D eigenvalue weighted by Crippen LogP contribution is 2.29. The lowest BCUT2D eigenvalue weighted by molar-refractivity contribution is -0.138. The zero-order chi connectivity index (χ0) is 23.8. The molecule has 0 atom stereocenters. The first-order valence-electron chi connectivity index (χ1n) is 8.72. The van der Waals surface area contributed by atoms with Gasteiger partial charge in [-0.1, -0.05) is 18.3 Å². The zero-order valence-electron chi connectivity index (χ0n) is 16.3. The van der Waals surface area contributed by atoms with E-state index in [1.807, 2.05) is 0 Å². The van der Waals surface area contributed by atoms with Crippen LogP contribution in [0.5, 0.6) is 0 Å². The Morgan fingerprint density at radius 3 is 2.50 bits per heavy atom. The minimum absolute atomic E-state index is 0.0830. The van der Waals surface area contributed by atoms with Crippen LogP contribution in [0.25, 0.3) is 11.1 Å². The van der Waals surface area contributed by atoms with Gasteiger partial charge in [-0.15, -0.1) is 0 Å². The van der Waals surface area contributed by atoms with E-state index in [1.54, 1.807) is 0 Å². The molecule has 0 saturated carbocycles. The molecule has 1 amide bonds. The maximum Gasteiger partial charge on any atom is 0.445 e. The van der Waals surface area contributed by atoms with E-state index in [0.29, 0.717) is 0 Å². The number of sulfone groups is 1. The Kier molecular flexibility index (Phi) is 6.29. The molecule has 14 heteroatoms. The molecule has 32 heavy (non-hydrogen) atoms. The molecular formula is C18H13F5N4O3S2. The Bertz CT molecular complexity index is 1380. The highest BCUT2D eigenvalue weighted by molar-refractivity contribution is 7.91. The molecule has 1 aromatic carbocycles. The highest BCUT2D eigenvalue weighted by Gasteiger charge is 2.35. The molecule has 0 fully saturated rings. The summed E-state index contributed by atoms with van der Waals surface area (Å²) in [6.45, 7) is 1.29. The van der Waals surface area contributed by atoms with Crippen LogP contribution in [0.2, 0.25) is 0 Å². The Hall–Kier alpha value is -3.00. The summed E-state index contributed by atoms with van der Waals surface area (Å²) in [4.78, 5) is 18.9. The average molecular weight is 492 g/mol. The van der Waals surface area contributed by atoms with E-state index in [4.69, 9.17) is 0 Å². The van der Waals surface area contributed by atoms with Gasteiger partial charge in [-0.2, -0.15) is 23.3 Å². The van der Waals surface area contributed by atoms with Crippen LogP contribution >= 0.6 is 11.3 Å². The van der Waals surface area contributed by atoms with Crippen molar-refractivity contribution in [3.05, 3.63) is 57.6 Å². The highest BCUT2D eigenvalue weighted by atomic mass is 32.2. The molecular weight excluding hydrogens is 479 g/mol. The standard InChI is InChI=1S/C18H13F5N4O3S2/c1-3-32(29,30)13-6-9(11-7-10(19)4-5-12(11)20)8-24-14(13)15(28)25-17-27(2)26-16(31-17)18(21,22)23/h4-8H,3H2,1-2H3. The summed E-state index contributed by atoms with van der Waals surface area (Å²) in [7, 11) is -2.98. The monoisotopic (exact) mass is 492 g/mol. The molecule has 170 valence electrons. The number of nitrogens with zero attached hydrogens (tertiary/aromatic N) is 4. The third-order valence-electron chi connectivity index (χ3n) is 4.16. The molecule has 3 aromatic rings. The second-order valence-corrected chi connectivity index (χ2v) is 9.53. The molecule has 0 aliphatic carbocycles. The van der Waals surface area contributed by atoms with E-state index >= 15 is 0 Å². The molecule has 0 bridgehead atoms. The van der Waals surface area contributed by atoms with Gasteiger partial charge in [-0.25, -0.2) is 26.9 Å². The number of aromatic nitrogens is 3. The fourth-order valence-corrected chi connectivity index (χ4v) is 4.37. The molecule has 0 unspecified atom stereocenters. The van der Waals surface area contributed by atoms with Gasteiger partial charge in [0.1, 0.15) is 17.3 Å². The third kappa shape index (κ3) is 4.75. The summed E-state index contributed by atoms with van der Waals surface area (Å²) < 4.78 is 92.0. The number of amides is 1. The zero-order valence-corrected chi connectivity index (χ0v) is 17.9. The van der Waals surface area contributed by atoms with Crippen molar-refractivity contribution in [1.29, 1.82) is 0 Å². The van der Waals surface area contributed by atoms with Gasteiger partial charge >= 0.3 is 6.18 Å². The molecule has 7 nitrogen and oxygen atoms in total. The Balaban J connectivity index is 2.18. The fourth-order valence-electron chi connectivity index (χ4n) is 2.57. The van der Waals surface area contributed by atoms with Crippen LogP contribution in [0.1, 0.15) is 22.4 Å². The Labute approximate surface area is 181 Å². The summed E-state index contributed by atoms with van der Waals surface area (Å²) >= 11 is 0.0830. The molecule has 0 N–H and O–H groups in total. The van der Waals surface area contributed by atoms with E-state index < -0.39 is 59.7 Å². The lowest BCUT2D eigenvalue weighted by Gasteiger charge is -2.10. The van der Waals surface area contributed by atoms with E-state index in [9.17, 15) is 35.2 Å². The first-order valence-corrected chi connectivity index (χ1v) is 11.2. The first kappa shape index (κ1) is 23.7. The maximum absolute atomic E-state index is 14.1. The van der Waals surface area contributed by atoms with Crippen LogP contribution < -0.4 is 4.80 Å². The average Bonchev–Trinajstić information content (AvgIpc) is 3.10. The number of hydrogen-bond acceptors (Lipinski definition) is 6. The van der Waals surface area contributed by atoms with Gasteiger partial charge in [0.25, 0.3) is 5.91 Å². The van der Waals surface area contributed by atoms with Crippen LogP contribution in [-0.4, -0.2) is 34.8 Å². The Morgan fingerprint density at radius 1 is 1.22 bits per heavy atom. The predicted molar refractivity (Wildman–Crippen MR) is 103 cm³/mol. The van der Waals surface area contributed by atoms with Gasteiger partial charge in [0.15, 0.2) is 9.84 Å². The largest absolute Gasteiger partial charge is 0.445 e. The van der Waals surface area contributed by atoms with Crippen LogP contribution in [0.15, 0.2) is 40.4 Å². The van der Waals surface area contributed by atoms with E-state index in [2.05, 4.69) is 15.1 Å². The number of carbonyl (C=O) groups excluding carboxylic acids is 1. The summed E-state index contributed by atoms with van der Waals surface area (Å²) in [5.41, 5.74) is -1.08. The number of halogens is 5. The SMILES string of the molecule is CCS(=O)(=O)c1cc(-c2cc(F)ccc2F)cnc1C(=O)N=c1sc(C(F)(F)F)nn1C. The quantitative estimate of drug-likeness (QED) is 0.521. The fraction of sp³-hybridized carbons (Fsp3) is 0.222. The number of hydrogen-bond donors (Lipinski definition) is 0. The predicted octanol–water partition coefficient (Wildman–Crippen LogP) is 3.38. The van der Waals surface area contributed by atoms with Gasteiger partial charge in [-0.05, 0) is 24.3 Å². The summed E-state index contributed by atoms with van der Waals surface area (Å²) in [6.07, 6.45) is -3.81. The van der Waals surface area contributed by atoms with Crippen molar-refractivity contribution in [2.75, 3.05) is 5.75 Å². The van der Waals surface area contributed by atoms with Gasteiger partial charge in [0, 0.05) is 24.4 Å². The van der Waals surface area contributed by atoms with Gasteiger partial charge < -0.3 is 0 Å². The third-order valence-corrected chi connectivity index (χ3v) is 6.94. The second-order valence-electron chi connectivity index (χ2n) is 6.33. The second kappa shape index (κ2) is 8.50. The van der Waals surface area contributed by atoms with Crippen molar-refractivity contribution in [1.82, 2.24) is 14.8 Å². The van der Waals surface area contributed by atoms with Crippen molar-refractivity contribution in [3.63, 3.8) is 0 Å². The summed E-state index contributed by atoms with van der Waals surface area (Å²) in [5, 5.41) is 1.98. The summed E-state index contributed by atoms with van der Waals surface area (Å²) in [6, 6.07) is 3.49. The normalized spacial score (nSPS) is 12.9. The van der Waals surface area contributed by atoms with Crippen LogP contribution in [0, 0.1) is 11.6 Å². The van der Waals surface area contributed by atoms with E-state index in [1.165, 1.54) is 6.92 Å². The van der Waals surface area contributed by atoms with E-state index in [-0.39, 0.29) is 22.5 Å². The Morgan fingerprint density at radius 2 is 1.91 bits per heavy atom. The molecule has 2 aromatic heterocycles. The molecule has 0 radical (unpaired) electrons. The molecule has 0 spiro atoms. The van der Waals surface area contributed by atoms with Crippen molar-refractivity contribution < 1.29 is 35.2 Å². The number of alkyl halides is 3. The first-order chi connectivity index (χ1) is 14.8. The summed E-state index contributed by atoms with van der Waals surface area (Å²) in [5.74, 6) is -3.34. The number of benzene rings is 1. The van der Waals surface area contributed by atoms with Crippen molar-refractivity contribution >= 4 is 27.1 Å².